The number of hydrogen-bond donors (Lipinski definition) is 0. The largest absolute Gasteiger partial charge is 0.450 e. The minimum absolute atomic E-state index is 0.00695. The predicted molar refractivity (Wildman–Crippen MR) is 100 cm³/mol. The zero-order chi connectivity index (χ0) is 20.4. The summed E-state index contributed by atoms with van der Waals surface area (Å²) in [6.07, 6.45) is 0.459. The van der Waals surface area contributed by atoms with Crippen LogP contribution in [0.3, 0.4) is 0 Å². The fourth-order valence-electron chi connectivity index (χ4n) is 3.07. The first-order valence-electron chi connectivity index (χ1n) is 8.93. The maximum Gasteiger partial charge on any atom is 0.361 e. The minimum Gasteiger partial charge on any atom is -0.450 e. The van der Waals surface area contributed by atoms with Gasteiger partial charge in [-0.15, -0.1) is 5.10 Å². The Balaban J connectivity index is 1.52. The Labute approximate surface area is 164 Å². The van der Waals surface area contributed by atoms with Crippen LogP contribution < -0.4 is 0 Å². The standard InChI is InChI=1S/C20H17F2N5O2/c1-13(18-23-15-9-5-6-10-17(15)27(18)20(21)22)29-19(28)16-12-26(25-24-16)11-14-7-3-2-4-8-14/h2-10,12-13,20H,11H2,1H3. The molecule has 7 nitrogen and oxygen atoms in total. The number of halogens is 2. The quantitative estimate of drug-likeness (QED) is 0.460. The van der Waals surface area contributed by atoms with Crippen LogP contribution in [0.5, 0.6) is 0 Å². The van der Waals surface area contributed by atoms with Gasteiger partial charge in [0.2, 0.25) is 0 Å². The van der Waals surface area contributed by atoms with Gasteiger partial charge < -0.3 is 4.74 Å². The minimum atomic E-state index is -2.81. The first-order valence-corrected chi connectivity index (χ1v) is 8.93. The van der Waals surface area contributed by atoms with Crippen molar-refractivity contribution in [3.63, 3.8) is 0 Å². The molecule has 0 spiro atoms. The average Bonchev–Trinajstić information content (AvgIpc) is 3.33. The maximum absolute atomic E-state index is 13.6. The van der Waals surface area contributed by atoms with Crippen LogP contribution in [0.4, 0.5) is 8.78 Å². The van der Waals surface area contributed by atoms with Gasteiger partial charge in [-0.05, 0) is 24.6 Å². The Bertz CT molecular complexity index is 1140. The van der Waals surface area contributed by atoms with Crippen LogP contribution in [-0.2, 0) is 11.3 Å². The molecule has 0 amide bonds. The van der Waals surface area contributed by atoms with Crippen molar-refractivity contribution in [2.75, 3.05) is 0 Å². The predicted octanol–water partition coefficient (Wildman–Crippen LogP) is 3.99. The average molecular weight is 397 g/mol. The summed E-state index contributed by atoms with van der Waals surface area (Å²) in [5.74, 6) is -0.795. The fraction of sp³-hybridized carbons (Fsp3) is 0.200. The van der Waals surface area contributed by atoms with E-state index >= 15 is 0 Å². The number of carbonyl (C=O) groups is 1. The highest BCUT2D eigenvalue weighted by Crippen LogP contribution is 2.28. The molecular weight excluding hydrogens is 380 g/mol. The number of aromatic nitrogens is 5. The van der Waals surface area contributed by atoms with Gasteiger partial charge in [-0.2, -0.15) is 8.78 Å². The van der Waals surface area contributed by atoms with E-state index in [-0.39, 0.29) is 17.0 Å². The lowest BCUT2D eigenvalue weighted by molar-refractivity contribution is 0.0227. The Hall–Kier alpha value is -3.62. The van der Waals surface area contributed by atoms with Crippen molar-refractivity contribution in [1.82, 2.24) is 24.5 Å². The van der Waals surface area contributed by atoms with Gasteiger partial charge in [0.15, 0.2) is 17.6 Å². The third kappa shape index (κ3) is 3.84. The Morgan fingerprint density at radius 1 is 1.10 bits per heavy atom. The molecule has 0 N–H and O–H groups in total. The van der Waals surface area contributed by atoms with E-state index in [9.17, 15) is 13.6 Å². The van der Waals surface area contributed by atoms with Gasteiger partial charge in [0, 0.05) is 0 Å². The van der Waals surface area contributed by atoms with Crippen molar-refractivity contribution in [2.24, 2.45) is 0 Å². The number of fused-ring (bicyclic) bond motifs is 1. The summed E-state index contributed by atoms with van der Waals surface area (Å²) in [5.41, 5.74) is 1.66. The molecule has 148 valence electrons. The number of nitrogens with zero attached hydrogens (tertiary/aromatic N) is 5. The summed E-state index contributed by atoms with van der Waals surface area (Å²) in [7, 11) is 0. The topological polar surface area (TPSA) is 74.8 Å². The van der Waals surface area contributed by atoms with Gasteiger partial charge in [0.25, 0.3) is 0 Å². The molecule has 0 radical (unpaired) electrons. The van der Waals surface area contributed by atoms with Crippen molar-refractivity contribution >= 4 is 17.0 Å². The summed E-state index contributed by atoms with van der Waals surface area (Å²) in [6.45, 7) is -0.880. The molecule has 2 aromatic carbocycles. The molecule has 2 heterocycles. The molecule has 0 saturated heterocycles. The molecule has 2 aromatic heterocycles. The summed E-state index contributed by atoms with van der Waals surface area (Å²) in [5, 5.41) is 7.74. The molecule has 0 aliphatic carbocycles. The molecule has 4 rings (SSSR count). The summed E-state index contributed by atoms with van der Waals surface area (Å²) in [4.78, 5) is 16.6. The normalized spacial score (nSPS) is 12.4. The van der Waals surface area contributed by atoms with Crippen LogP contribution in [0.2, 0.25) is 0 Å². The van der Waals surface area contributed by atoms with E-state index in [0.29, 0.717) is 12.1 Å². The number of para-hydroxylation sites is 2. The SMILES string of the molecule is CC(OC(=O)c1cn(Cc2ccccc2)nn1)c1nc2ccccc2n1C(F)F. The van der Waals surface area contributed by atoms with Crippen LogP contribution in [0.15, 0.2) is 60.8 Å². The fourth-order valence-corrected chi connectivity index (χ4v) is 3.07. The van der Waals surface area contributed by atoms with Crippen LogP contribution in [0.25, 0.3) is 11.0 Å². The lowest BCUT2D eigenvalue weighted by Crippen LogP contribution is -2.15. The van der Waals surface area contributed by atoms with Gasteiger partial charge in [0.1, 0.15) is 0 Å². The Morgan fingerprint density at radius 2 is 1.83 bits per heavy atom. The highest BCUT2D eigenvalue weighted by atomic mass is 19.3. The van der Waals surface area contributed by atoms with Crippen molar-refractivity contribution in [3.05, 3.63) is 77.9 Å². The van der Waals surface area contributed by atoms with Gasteiger partial charge in [0.05, 0.1) is 23.8 Å². The number of esters is 1. The molecule has 1 unspecified atom stereocenters. The van der Waals surface area contributed by atoms with Gasteiger partial charge in [-0.25, -0.2) is 14.5 Å². The summed E-state index contributed by atoms with van der Waals surface area (Å²) >= 11 is 0. The molecular formula is C20H17F2N5O2. The van der Waals surface area contributed by atoms with E-state index in [1.54, 1.807) is 24.3 Å². The number of rotatable bonds is 6. The number of ether oxygens (including phenoxy) is 1. The smallest absolute Gasteiger partial charge is 0.361 e. The second-order valence-electron chi connectivity index (χ2n) is 6.44. The van der Waals surface area contributed by atoms with E-state index < -0.39 is 18.6 Å². The van der Waals surface area contributed by atoms with E-state index in [0.717, 1.165) is 10.1 Å². The molecule has 0 bridgehead atoms. The number of imidazole rings is 1. The van der Waals surface area contributed by atoms with E-state index in [4.69, 9.17) is 4.74 Å². The first kappa shape index (κ1) is 18.7. The Morgan fingerprint density at radius 3 is 2.59 bits per heavy atom. The van der Waals surface area contributed by atoms with Crippen LogP contribution in [-0.4, -0.2) is 30.5 Å². The monoisotopic (exact) mass is 397 g/mol. The second kappa shape index (κ2) is 7.78. The first-order chi connectivity index (χ1) is 14.0. The molecule has 1 atom stereocenters. The van der Waals surface area contributed by atoms with Crippen molar-refractivity contribution < 1.29 is 18.3 Å². The van der Waals surface area contributed by atoms with Crippen molar-refractivity contribution in [2.45, 2.75) is 26.1 Å². The molecule has 9 heteroatoms. The number of alkyl halides is 2. The van der Waals surface area contributed by atoms with Crippen molar-refractivity contribution in [3.8, 4) is 0 Å². The van der Waals surface area contributed by atoms with Gasteiger partial charge in [-0.3, -0.25) is 4.57 Å². The lowest BCUT2D eigenvalue weighted by atomic mass is 10.2. The molecule has 0 aliphatic heterocycles. The highest BCUT2D eigenvalue weighted by molar-refractivity contribution is 5.87. The van der Waals surface area contributed by atoms with Crippen LogP contribution in [0, 0.1) is 0 Å². The number of hydrogen-bond acceptors (Lipinski definition) is 5. The molecule has 0 saturated carbocycles. The second-order valence-corrected chi connectivity index (χ2v) is 6.44. The number of benzene rings is 2. The highest BCUT2D eigenvalue weighted by Gasteiger charge is 2.25. The molecule has 0 aliphatic rings. The maximum atomic E-state index is 13.6. The zero-order valence-electron chi connectivity index (χ0n) is 15.4. The van der Waals surface area contributed by atoms with E-state index in [1.807, 2.05) is 30.3 Å². The van der Waals surface area contributed by atoms with Crippen molar-refractivity contribution in [1.29, 1.82) is 0 Å². The third-order valence-corrected chi connectivity index (χ3v) is 4.40. The number of carbonyl (C=O) groups excluding carboxylic acids is 1. The van der Waals surface area contributed by atoms with E-state index in [1.165, 1.54) is 17.8 Å². The molecule has 4 aromatic rings. The van der Waals surface area contributed by atoms with Gasteiger partial charge in [-0.1, -0.05) is 47.7 Å². The Kier molecular flexibility index (Phi) is 5.03. The van der Waals surface area contributed by atoms with Gasteiger partial charge >= 0.3 is 12.5 Å². The zero-order valence-corrected chi connectivity index (χ0v) is 15.4. The van der Waals surface area contributed by atoms with Crippen LogP contribution >= 0.6 is 0 Å². The third-order valence-electron chi connectivity index (χ3n) is 4.40. The molecule has 29 heavy (non-hydrogen) atoms. The summed E-state index contributed by atoms with van der Waals surface area (Å²) < 4.78 is 34.8. The lowest BCUT2D eigenvalue weighted by Gasteiger charge is -2.14. The van der Waals surface area contributed by atoms with Crippen LogP contribution in [0.1, 0.15) is 41.5 Å². The van der Waals surface area contributed by atoms with E-state index in [2.05, 4.69) is 15.3 Å². The molecule has 0 fully saturated rings. The summed E-state index contributed by atoms with van der Waals surface area (Å²) in [6, 6.07) is 16.1.